The second-order valence-electron chi connectivity index (χ2n) is 4.52. The summed E-state index contributed by atoms with van der Waals surface area (Å²) < 4.78 is 4.55. The number of halogens is 2. The molecule has 0 radical (unpaired) electrons. The van der Waals surface area contributed by atoms with Crippen LogP contribution in [0, 0.1) is 20.2 Å². The van der Waals surface area contributed by atoms with E-state index in [1.54, 1.807) is 0 Å². The number of non-ortho nitro benzene ring substituents is 1. The summed E-state index contributed by atoms with van der Waals surface area (Å²) in [6.45, 7) is 0. The van der Waals surface area contributed by atoms with Crippen LogP contribution in [0.5, 0.6) is 0 Å². The van der Waals surface area contributed by atoms with Crippen LogP contribution in [-0.2, 0) is 4.74 Å². The van der Waals surface area contributed by atoms with Crippen molar-refractivity contribution < 1.29 is 24.2 Å². The monoisotopic (exact) mass is 384 g/mol. The lowest BCUT2D eigenvalue weighted by Crippen LogP contribution is -2.14. The van der Waals surface area contributed by atoms with Crippen LogP contribution in [0.1, 0.15) is 20.7 Å². The minimum Gasteiger partial charge on any atom is -0.385 e. The Morgan fingerprint density at radius 3 is 2.04 bits per heavy atom. The van der Waals surface area contributed by atoms with E-state index < -0.39 is 33.0 Å². The Bertz CT molecular complexity index is 914. The molecule has 0 aromatic heterocycles. The molecule has 2 rings (SSSR count). The number of esters is 2. The van der Waals surface area contributed by atoms with E-state index in [2.05, 4.69) is 4.74 Å². The molecule has 0 bridgehead atoms. The van der Waals surface area contributed by atoms with Crippen molar-refractivity contribution in [2.45, 2.75) is 0 Å². The third-order valence-corrected chi connectivity index (χ3v) is 3.49. The quantitative estimate of drug-likeness (QED) is 0.339. The van der Waals surface area contributed by atoms with Gasteiger partial charge in [-0.25, -0.2) is 9.59 Å². The molecular weight excluding hydrogens is 379 g/mol. The van der Waals surface area contributed by atoms with Crippen LogP contribution in [0.15, 0.2) is 36.4 Å². The lowest BCUT2D eigenvalue weighted by molar-refractivity contribution is -0.385. The Balaban J connectivity index is 2.28. The molecule has 2 aromatic rings. The third-order valence-electron chi connectivity index (χ3n) is 2.95. The van der Waals surface area contributed by atoms with Gasteiger partial charge in [0.15, 0.2) is 0 Å². The maximum absolute atomic E-state index is 12.0. The summed E-state index contributed by atoms with van der Waals surface area (Å²) in [5.74, 6) is -2.50. The predicted octanol–water partition coefficient (Wildman–Crippen LogP) is 3.81. The molecule has 0 aliphatic heterocycles. The van der Waals surface area contributed by atoms with Gasteiger partial charge < -0.3 is 4.74 Å². The maximum atomic E-state index is 12.0. The number of nitro benzene ring substituents is 2. The average Bonchev–Trinajstić information content (AvgIpc) is 2.54. The van der Waals surface area contributed by atoms with Gasteiger partial charge in [-0.15, -0.1) is 0 Å². The fourth-order valence-corrected chi connectivity index (χ4v) is 2.22. The average molecular weight is 385 g/mol. The summed E-state index contributed by atoms with van der Waals surface area (Å²) in [6.07, 6.45) is 0. The molecule has 11 heteroatoms. The Hall–Kier alpha value is -3.04. The Labute approximate surface area is 149 Å². The van der Waals surface area contributed by atoms with Gasteiger partial charge in [0.05, 0.1) is 20.4 Å². The van der Waals surface area contributed by atoms with E-state index in [-0.39, 0.29) is 21.3 Å². The standard InChI is InChI=1S/C14H6Cl2N2O7/c15-7-1-3-10(12(5-7)18(23)24)14(20)25-13(19)9-4-2-8(17(21)22)6-11(9)16/h1-6H. The smallest absolute Gasteiger partial charge is 0.353 e. The molecule has 0 heterocycles. The first kappa shape index (κ1) is 18.3. The highest BCUT2D eigenvalue weighted by Gasteiger charge is 2.25. The van der Waals surface area contributed by atoms with Crippen molar-refractivity contribution in [1.82, 2.24) is 0 Å². The largest absolute Gasteiger partial charge is 0.385 e. The van der Waals surface area contributed by atoms with Crippen molar-refractivity contribution in [1.29, 1.82) is 0 Å². The lowest BCUT2D eigenvalue weighted by atomic mass is 10.2. The molecule has 0 saturated heterocycles. The molecule has 0 fully saturated rings. The molecule has 0 aliphatic rings. The topological polar surface area (TPSA) is 130 Å². The van der Waals surface area contributed by atoms with E-state index in [9.17, 15) is 29.8 Å². The van der Waals surface area contributed by atoms with E-state index in [1.165, 1.54) is 6.07 Å². The maximum Gasteiger partial charge on any atom is 0.353 e. The molecule has 2 aromatic carbocycles. The summed E-state index contributed by atoms with van der Waals surface area (Å²) in [4.78, 5) is 44.0. The molecule has 0 saturated carbocycles. The van der Waals surface area contributed by atoms with E-state index in [0.717, 1.165) is 30.3 Å². The molecular formula is C14H6Cl2N2O7. The number of ether oxygens (including phenoxy) is 1. The highest BCUT2D eigenvalue weighted by molar-refractivity contribution is 6.34. The Kier molecular flexibility index (Phi) is 5.30. The molecule has 0 atom stereocenters. The Morgan fingerprint density at radius 1 is 0.880 bits per heavy atom. The number of nitrogens with zero attached hydrogens (tertiary/aromatic N) is 2. The lowest BCUT2D eigenvalue weighted by Gasteiger charge is -2.05. The minimum absolute atomic E-state index is 0.0213. The van der Waals surface area contributed by atoms with Crippen molar-refractivity contribution in [3.8, 4) is 0 Å². The van der Waals surface area contributed by atoms with Crippen LogP contribution in [0.4, 0.5) is 11.4 Å². The molecule has 0 aliphatic carbocycles. The SMILES string of the molecule is O=C(OC(=O)c1ccc(Cl)cc1[N+](=O)[O-])c1ccc([N+](=O)[O-])cc1Cl. The molecule has 0 spiro atoms. The van der Waals surface area contributed by atoms with Gasteiger partial charge in [0, 0.05) is 23.2 Å². The minimum atomic E-state index is -1.29. The summed E-state index contributed by atoms with van der Waals surface area (Å²) in [7, 11) is 0. The first-order valence-corrected chi connectivity index (χ1v) is 7.10. The zero-order valence-corrected chi connectivity index (χ0v) is 13.5. The van der Waals surface area contributed by atoms with Gasteiger partial charge in [-0.3, -0.25) is 20.2 Å². The van der Waals surface area contributed by atoms with Crippen LogP contribution in [0.25, 0.3) is 0 Å². The second kappa shape index (κ2) is 7.24. The molecule has 0 unspecified atom stereocenters. The van der Waals surface area contributed by atoms with E-state index in [1.807, 2.05) is 0 Å². The number of hydrogen-bond acceptors (Lipinski definition) is 7. The fraction of sp³-hybridized carbons (Fsp3) is 0. The first-order chi connectivity index (χ1) is 11.7. The van der Waals surface area contributed by atoms with Crippen LogP contribution in [0.3, 0.4) is 0 Å². The number of nitro groups is 2. The zero-order valence-electron chi connectivity index (χ0n) is 12.0. The van der Waals surface area contributed by atoms with E-state index in [4.69, 9.17) is 23.2 Å². The Morgan fingerprint density at radius 2 is 1.48 bits per heavy atom. The first-order valence-electron chi connectivity index (χ1n) is 6.35. The van der Waals surface area contributed by atoms with Crippen molar-refractivity contribution in [2.24, 2.45) is 0 Å². The van der Waals surface area contributed by atoms with Crippen molar-refractivity contribution in [2.75, 3.05) is 0 Å². The van der Waals surface area contributed by atoms with Crippen molar-refractivity contribution >= 4 is 46.5 Å². The summed E-state index contributed by atoms with van der Waals surface area (Å²) in [6, 6.07) is 6.10. The molecule has 9 nitrogen and oxygen atoms in total. The van der Waals surface area contributed by atoms with Crippen LogP contribution < -0.4 is 0 Å². The van der Waals surface area contributed by atoms with Gasteiger partial charge in [0.25, 0.3) is 11.4 Å². The second-order valence-corrected chi connectivity index (χ2v) is 5.36. The van der Waals surface area contributed by atoms with Gasteiger partial charge in [0.1, 0.15) is 5.56 Å². The number of rotatable bonds is 4. The molecule has 0 amide bonds. The van der Waals surface area contributed by atoms with Crippen LogP contribution in [-0.4, -0.2) is 21.8 Å². The zero-order chi connectivity index (χ0) is 18.7. The summed E-state index contributed by atoms with van der Waals surface area (Å²) in [5.41, 5.74) is -1.79. The highest BCUT2D eigenvalue weighted by atomic mass is 35.5. The molecule has 128 valence electrons. The summed E-state index contributed by atoms with van der Waals surface area (Å²) in [5, 5.41) is 21.3. The van der Waals surface area contributed by atoms with Crippen LogP contribution in [0.2, 0.25) is 10.0 Å². The summed E-state index contributed by atoms with van der Waals surface area (Å²) >= 11 is 11.4. The van der Waals surface area contributed by atoms with Crippen molar-refractivity contribution in [3.63, 3.8) is 0 Å². The number of benzene rings is 2. The van der Waals surface area contributed by atoms with Crippen molar-refractivity contribution in [3.05, 3.63) is 77.8 Å². The fourth-order valence-electron chi connectivity index (χ4n) is 1.81. The van der Waals surface area contributed by atoms with Gasteiger partial charge in [-0.1, -0.05) is 23.2 Å². The van der Waals surface area contributed by atoms with E-state index >= 15 is 0 Å². The van der Waals surface area contributed by atoms with Crippen LogP contribution >= 0.6 is 23.2 Å². The van der Waals surface area contributed by atoms with E-state index in [0.29, 0.717) is 0 Å². The van der Waals surface area contributed by atoms with Gasteiger partial charge in [-0.2, -0.15) is 0 Å². The predicted molar refractivity (Wildman–Crippen MR) is 86.0 cm³/mol. The normalized spacial score (nSPS) is 10.2. The molecule has 0 N–H and O–H groups in total. The number of hydrogen-bond donors (Lipinski definition) is 0. The van der Waals surface area contributed by atoms with Gasteiger partial charge >= 0.3 is 11.9 Å². The molecule has 25 heavy (non-hydrogen) atoms. The van der Waals surface area contributed by atoms with Gasteiger partial charge in [0.2, 0.25) is 0 Å². The number of carbonyl (C=O) groups excluding carboxylic acids is 2. The highest BCUT2D eigenvalue weighted by Crippen LogP contribution is 2.26. The third kappa shape index (κ3) is 4.08. The number of carbonyl (C=O) groups is 2. The van der Waals surface area contributed by atoms with Gasteiger partial charge in [-0.05, 0) is 18.2 Å².